The average molecular weight is 343 g/mol. The van der Waals surface area contributed by atoms with Crippen LogP contribution in [0.3, 0.4) is 0 Å². The van der Waals surface area contributed by atoms with Gasteiger partial charge in [0.1, 0.15) is 18.2 Å². The van der Waals surface area contributed by atoms with Crippen LogP contribution in [0.4, 0.5) is 5.82 Å². The van der Waals surface area contributed by atoms with E-state index in [4.69, 9.17) is 0 Å². The molecule has 7 nitrogen and oxygen atoms in total. The van der Waals surface area contributed by atoms with Gasteiger partial charge in [0.25, 0.3) is 0 Å². The van der Waals surface area contributed by atoms with E-state index in [0.717, 1.165) is 28.2 Å². The standard InChI is InChI=1S/C19H17N7/c1-12-8-17(21-10-18-24-22-11-25(18)13-6-7-13)26-16-5-3-2-4-15(16)23-19(26)14(12)9-20/h2-5,8,11,13,21H,6-7,10H2,1H3. The quantitative estimate of drug-likeness (QED) is 0.615. The van der Waals surface area contributed by atoms with Crippen molar-refractivity contribution in [2.24, 2.45) is 0 Å². The minimum absolute atomic E-state index is 0.540. The van der Waals surface area contributed by atoms with Gasteiger partial charge in [-0.1, -0.05) is 12.1 Å². The third kappa shape index (κ3) is 2.23. The molecule has 0 spiro atoms. The van der Waals surface area contributed by atoms with Gasteiger partial charge in [-0.3, -0.25) is 4.40 Å². The highest BCUT2D eigenvalue weighted by atomic mass is 15.3. The number of hydrogen-bond donors (Lipinski definition) is 1. The van der Waals surface area contributed by atoms with E-state index in [1.807, 2.05) is 41.7 Å². The number of fused-ring (bicyclic) bond motifs is 3. The van der Waals surface area contributed by atoms with Crippen molar-refractivity contribution in [2.45, 2.75) is 32.4 Å². The number of imidazole rings is 1. The Kier molecular flexibility index (Phi) is 3.19. The second kappa shape index (κ2) is 5.56. The Labute approximate surface area is 149 Å². The molecule has 1 aromatic carbocycles. The number of benzene rings is 1. The Bertz CT molecular complexity index is 1170. The first-order chi connectivity index (χ1) is 12.8. The lowest BCUT2D eigenvalue weighted by molar-refractivity contribution is 0.689. The summed E-state index contributed by atoms with van der Waals surface area (Å²) in [5.41, 5.74) is 4.04. The predicted molar refractivity (Wildman–Crippen MR) is 97.8 cm³/mol. The van der Waals surface area contributed by atoms with Gasteiger partial charge in [-0.05, 0) is 43.5 Å². The molecule has 3 heterocycles. The number of para-hydroxylation sites is 2. The molecule has 0 bridgehead atoms. The lowest BCUT2D eigenvalue weighted by Crippen LogP contribution is -2.10. The summed E-state index contributed by atoms with van der Waals surface area (Å²) in [6.07, 6.45) is 4.19. The van der Waals surface area contributed by atoms with Gasteiger partial charge in [0.05, 0.1) is 23.1 Å². The van der Waals surface area contributed by atoms with Crippen LogP contribution in [0.1, 0.15) is 35.8 Å². The molecule has 1 N–H and O–H groups in total. The summed E-state index contributed by atoms with van der Waals surface area (Å²) in [5.74, 6) is 1.82. The Morgan fingerprint density at radius 2 is 2.15 bits per heavy atom. The summed E-state index contributed by atoms with van der Waals surface area (Å²) in [6.45, 7) is 2.51. The van der Waals surface area contributed by atoms with Gasteiger partial charge >= 0.3 is 0 Å². The molecule has 0 aliphatic heterocycles. The van der Waals surface area contributed by atoms with Crippen LogP contribution >= 0.6 is 0 Å². The molecule has 7 heteroatoms. The highest BCUT2D eigenvalue weighted by molar-refractivity contribution is 5.85. The molecule has 3 aromatic heterocycles. The first kappa shape index (κ1) is 14.9. The fourth-order valence-electron chi connectivity index (χ4n) is 3.44. The van der Waals surface area contributed by atoms with Crippen LogP contribution in [0.5, 0.6) is 0 Å². The topological polar surface area (TPSA) is 83.8 Å². The zero-order chi connectivity index (χ0) is 17.7. The van der Waals surface area contributed by atoms with E-state index in [1.165, 1.54) is 12.8 Å². The van der Waals surface area contributed by atoms with Crippen LogP contribution in [-0.2, 0) is 6.54 Å². The van der Waals surface area contributed by atoms with Crippen molar-refractivity contribution >= 4 is 22.5 Å². The minimum atomic E-state index is 0.540. The molecule has 1 saturated carbocycles. The Balaban J connectivity index is 1.62. The SMILES string of the molecule is Cc1cc(NCc2nncn2C2CC2)n2c(nc3ccccc32)c1C#N. The van der Waals surface area contributed by atoms with E-state index < -0.39 is 0 Å². The monoisotopic (exact) mass is 343 g/mol. The Morgan fingerprint density at radius 1 is 1.31 bits per heavy atom. The van der Waals surface area contributed by atoms with Crippen LogP contribution < -0.4 is 5.32 Å². The van der Waals surface area contributed by atoms with Crippen LogP contribution in [0.2, 0.25) is 0 Å². The maximum absolute atomic E-state index is 9.57. The van der Waals surface area contributed by atoms with Crippen molar-refractivity contribution in [3.8, 4) is 6.07 Å². The number of nitrogens with one attached hydrogen (secondary N) is 1. The van der Waals surface area contributed by atoms with Crippen LogP contribution in [0.25, 0.3) is 16.7 Å². The molecule has 4 aromatic rings. The Morgan fingerprint density at radius 3 is 2.96 bits per heavy atom. The molecule has 5 rings (SSSR count). The average Bonchev–Trinajstić information content (AvgIpc) is 3.26. The van der Waals surface area contributed by atoms with E-state index >= 15 is 0 Å². The minimum Gasteiger partial charge on any atom is -0.364 e. The maximum Gasteiger partial charge on any atom is 0.157 e. The van der Waals surface area contributed by atoms with Gasteiger partial charge in [-0.15, -0.1) is 10.2 Å². The first-order valence-electron chi connectivity index (χ1n) is 8.69. The molecule has 0 atom stereocenters. The Hall–Kier alpha value is -3.40. The van der Waals surface area contributed by atoms with E-state index in [9.17, 15) is 5.26 Å². The van der Waals surface area contributed by atoms with Gasteiger partial charge < -0.3 is 9.88 Å². The summed E-state index contributed by atoms with van der Waals surface area (Å²) in [7, 11) is 0. The zero-order valence-corrected chi connectivity index (χ0v) is 14.3. The number of anilines is 1. The normalized spacial score (nSPS) is 14.0. The third-order valence-corrected chi connectivity index (χ3v) is 4.90. The number of nitriles is 1. The van der Waals surface area contributed by atoms with Gasteiger partial charge in [-0.2, -0.15) is 5.26 Å². The summed E-state index contributed by atoms with van der Waals surface area (Å²) in [4.78, 5) is 4.68. The molecular weight excluding hydrogens is 326 g/mol. The molecule has 0 radical (unpaired) electrons. The number of aryl methyl sites for hydroxylation is 1. The van der Waals surface area contributed by atoms with Crippen molar-refractivity contribution in [3.05, 3.63) is 53.6 Å². The number of aromatic nitrogens is 5. The van der Waals surface area contributed by atoms with Crippen molar-refractivity contribution in [2.75, 3.05) is 5.32 Å². The molecule has 1 aliphatic rings. The molecule has 0 amide bonds. The number of pyridine rings is 1. The van der Waals surface area contributed by atoms with E-state index in [-0.39, 0.29) is 0 Å². The molecule has 26 heavy (non-hydrogen) atoms. The van der Waals surface area contributed by atoms with Crippen LogP contribution in [0.15, 0.2) is 36.7 Å². The summed E-state index contributed by atoms with van der Waals surface area (Å²) in [5, 5.41) is 21.4. The summed E-state index contributed by atoms with van der Waals surface area (Å²) < 4.78 is 4.16. The lowest BCUT2D eigenvalue weighted by Gasteiger charge is -2.12. The predicted octanol–water partition coefficient (Wildman–Crippen LogP) is 3.21. The molecular formula is C19H17N7. The third-order valence-electron chi connectivity index (χ3n) is 4.90. The molecule has 0 saturated heterocycles. The van der Waals surface area contributed by atoms with Crippen molar-refractivity contribution in [1.82, 2.24) is 24.1 Å². The van der Waals surface area contributed by atoms with E-state index in [0.29, 0.717) is 23.8 Å². The smallest absolute Gasteiger partial charge is 0.157 e. The van der Waals surface area contributed by atoms with Crippen molar-refractivity contribution < 1.29 is 0 Å². The van der Waals surface area contributed by atoms with Gasteiger partial charge in [-0.25, -0.2) is 4.98 Å². The summed E-state index contributed by atoms with van der Waals surface area (Å²) in [6, 6.07) is 12.8. The number of nitrogens with zero attached hydrogens (tertiary/aromatic N) is 6. The molecule has 1 aliphatic carbocycles. The molecule has 128 valence electrons. The fourth-order valence-corrected chi connectivity index (χ4v) is 3.44. The van der Waals surface area contributed by atoms with Crippen molar-refractivity contribution in [1.29, 1.82) is 5.26 Å². The van der Waals surface area contributed by atoms with Crippen molar-refractivity contribution in [3.63, 3.8) is 0 Å². The van der Waals surface area contributed by atoms with E-state index in [2.05, 4.69) is 31.1 Å². The summed E-state index contributed by atoms with van der Waals surface area (Å²) >= 11 is 0. The zero-order valence-electron chi connectivity index (χ0n) is 14.3. The highest BCUT2D eigenvalue weighted by Gasteiger charge is 2.26. The maximum atomic E-state index is 9.57. The van der Waals surface area contributed by atoms with Gasteiger partial charge in [0.2, 0.25) is 0 Å². The molecule has 1 fully saturated rings. The highest BCUT2D eigenvalue weighted by Crippen LogP contribution is 2.35. The first-order valence-corrected chi connectivity index (χ1v) is 8.69. The number of hydrogen-bond acceptors (Lipinski definition) is 5. The van der Waals surface area contributed by atoms with Gasteiger partial charge in [0, 0.05) is 6.04 Å². The molecule has 0 unspecified atom stereocenters. The number of rotatable bonds is 4. The second-order valence-electron chi connectivity index (χ2n) is 6.70. The largest absolute Gasteiger partial charge is 0.364 e. The van der Waals surface area contributed by atoms with Crippen LogP contribution in [-0.4, -0.2) is 24.1 Å². The fraction of sp³-hybridized carbons (Fsp3) is 0.263. The second-order valence-corrected chi connectivity index (χ2v) is 6.70. The lowest BCUT2D eigenvalue weighted by atomic mass is 10.1. The van der Waals surface area contributed by atoms with E-state index in [1.54, 1.807) is 6.33 Å². The van der Waals surface area contributed by atoms with Gasteiger partial charge in [0.15, 0.2) is 11.5 Å². The van der Waals surface area contributed by atoms with Crippen LogP contribution in [0, 0.1) is 18.3 Å².